The number of esters is 1. The minimum atomic E-state index is -0.637. The van der Waals surface area contributed by atoms with Crippen LogP contribution in [-0.4, -0.2) is 10.9 Å². The van der Waals surface area contributed by atoms with E-state index in [9.17, 15) is 14.9 Å². The summed E-state index contributed by atoms with van der Waals surface area (Å²) in [5, 5.41) is 11.2. The first-order chi connectivity index (χ1) is 10.5. The molecule has 22 heavy (non-hydrogen) atoms. The van der Waals surface area contributed by atoms with Gasteiger partial charge in [-0.3, -0.25) is 10.1 Å². The Labute approximate surface area is 135 Å². The Balaban J connectivity index is 2.05. The van der Waals surface area contributed by atoms with E-state index in [2.05, 4.69) is 0 Å². The number of ether oxygens (including phenoxy) is 1. The first-order valence-corrected chi connectivity index (χ1v) is 6.81. The van der Waals surface area contributed by atoms with Crippen molar-refractivity contribution in [1.29, 1.82) is 0 Å². The highest BCUT2D eigenvalue weighted by atomic mass is 35.5. The lowest BCUT2D eigenvalue weighted by Gasteiger charge is -2.04. The smallest absolute Gasteiger partial charge is 0.336 e. The lowest BCUT2D eigenvalue weighted by Crippen LogP contribution is -2.04. The third-order valence-electron chi connectivity index (χ3n) is 2.62. The van der Waals surface area contributed by atoms with Gasteiger partial charge < -0.3 is 4.74 Å². The van der Waals surface area contributed by atoms with Crippen LogP contribution >= 0.6 is 23.2 Å². The SMILES string of the molecule is O=C(/C=C/c1ccc([N+](=O)[O-])cc1)Oc1cc(Cl)ccc1Cl. The average molecular weight is 338 g/mol. The van der Waals surface area contributed by atoms with E-state index in [-0.39, 0.29) is 16.5 Å². The van der Waals surface area contributed by atoms with Crippen molar-refractivity contribution in [1.82, 2.24) is 0 Å². The molecule has 0 fully saturated rings. The van der Waals surface area contributed by atoms with Crippen LogP contribution in [0.2, 0.25) is 10.0 Å². The van der Waals surface area contributed by atoms with Gasteiger partial charge in [0.25, 0.3) is 5.69 Å². The number of nitrogens with zero attached hydrogens (tertiary/aromatic N) is 1. The second-order valence-electron chi connectivity index (χ2n) is 4.18. The summed E-state index contributed by atoms with van der Waals surface area (Å²) < 4.78 is 5.06. The van der Waals surface area contributed by atoms with Crippen LogP contribution in [0.5, 0.6) is 5.75 Å². The summed E-state index contributed by atoms with van der Waals surface area (Å²) in [7, 11) is 0. The standard InChI is InChI=1S/C15H9Cl2NO4/c16-11-4-7-13(17)14(9-11)22-15(19)8-3-10-1-5-12(6-2-10)18(20)21/h1-9H/b8-3+. The third-order valence-corrected chi connectivity index (χ3v) is 3.17. The summed E-state index contributed by atoms with van der Waals surface area (Å²) in [6.45, 7) is 0. The average Bonchev–Trinajstić information content (AvgIpc) is 2.49. The molecule has 0 N–H and O–H groups in total. The Kier molecular flexibility index (Phi) is 5.14. The zero-order valence-corrected chi connectivity index (χ0v) is 12.5. The number of non-ortho nitro benzene ring substituents is 1. The van der Waals surface area contributed by atoms with Gasteiger partial charge in [0, 0.05) is 29.3 Å². The fourth-order valence-corrected chi connectivity index (χ4v) is 1.89. The minimum Gasteiger partial charge on any atom is -0.422 e. The molecule has 0 aliphatic carbocycles. The Morgan fingerprint density at radius 1 is 1.14 bits per heavy atom. The number of hydrogen-bond donors (Lipinski definition) is 0. The number of benzene rings is 2. The van der Waals surface area contributed by atoms with E-state index in [0.717, 1.165) is 0 Å². The Hall–Kier alpha value is -2.37. The van der Waals surface area contributed by atoms with Crippen molar-refractivity contribution in [2.45, 2.75) is 0 Å². The van der Waals surface area contributed by atoms with Gasteiger partial charge in [0.15, 0.2) is 5.75 Å². The largest absolute Gasteiger partial charge is 0.422 e. The van der Waals surface area contributed by atoms with E-state index < -0.39 is 10.9 Å². The molecule has 0 aliphatic heterocycles. The van der Waals surface area contributed by atoms with E-state index in [4.69, 9.17) is 27.9 Å². The second-order valence-corrected chi connectivity index (χ2v) is 5.02. The predicted molar refractivity (Wildman–Crippen MR) is 84.2 cm³/mol. The third kappa shape index (κ3) is 4.31. The van der Waals surface area contributed by atoms with Gasteiger partial charge in [-0.15, -0.1) is 0 Å². The van der Waals surface area contributed by atoms with E-state index >= 15 is 0 Å². The topological polar surface area (TPSA) is 69.4 Å². The predicted octanol–water partition coefficient (Wildman–Crippen LogP) is 4.52. The van der Waals surface area contributed by atoms with Gasteiger partial charge in [-0.05, 0) is 35.9 Å². The van der Waals surface area contributed by atoms with Crippen molar-refractivity contribution < 1.29 is 14.5 Å². The van der Waals surface area contributed by atoms with Crippen LogP contribution in [-0.2, 0) is 4.79 Å². The summed E-state index contributed by atoms with van der Waals surface area (Å²) in [6.07, 6.45) is 2.67. The molecule has 0 saturated carbocycles. The highest BCUT2D eigenvalue weighted by Crippen LogP contribution is 2.27. The molecular formula is C15H9Cl2NO4. The lowest BCUT2D eigenvalue weighted by molar-refractivity contribution is -0.384. The van der Waals surface area contributed by atoms with Crippen LogP contribution in [0, 0.1) is 10.1 Å². The van der Waals surface area contributed by atoms with Gasteiger partial charge >= 0.3 is 5.97 Å². The normalized spacial score (nSPS) is 10.6. The van der Waals surface area contributed by atoms with Crippen LogP contribution in [0.3, 0.4) is 0 Å². The molecule has 112 valence electrons. The van der Waals surface area contributed by atoms with Crippen LogP contribution in [0.4, 0.5) is 5.69 Å². The molecule has 2 rings (SSSR count). The van der Waals surface area contributed by atoms with Crippen molar-refractivity contribution in [2.24, 2.45) is 0 Å². The maximum absolute atomic E-state index is 11.7. The zero-order valence-electron chi connectivity index (χ0n) is 11.0. The van der Waals surface area contributed by atoms with Gasteiger partial charge in [-0.1, -0.05) is 23.2 Å². The molecule has 2 aromatic rings. The number of rotatable bonds is 4. The molecule has 0 amide bonds. The van der Waals surface area contributed by atoms with E-state index in [1.165, 1.54) is 48.6 Å². The number of nitro groups is 1. The maximum atomic E-state index is 11.7. The van der Waals surface area contributed by atoms with Crippen molar-refractivity contribution in [3.05, 3.63) is 74.3 Å². The fourth-order valence-electron chi connectivity index (χ4n) is 1.57. The molecule has 2 aromatic carbocycles. The van der Waals surface area contributed by atoms with Crippen LogP contribution in [0.1, 0.15) is 5.56 Å². The molecule has 0 saturated heterocycles. The zero-order chi connectivity index (χ0) is 16.1. The summed E-state index contributed by atoms with van der Waals surface area (Å²) in [5.74, 6) is -0.477. The van der Waals surface area contributed by atoms with Crippen LogP contribution in [0.25, 0.3) is 6.08 Å². The monoisotopic (exact) mass is 337 g/mol. The van der Waals surface area contributed by atoms with E-state index in [1.54, 1.807) is 6.07 Å². The first kappa shape index (κ1) is 16.0. The molecule has 0 aromatic heterocycles. The Morgan fingerprint density at radius 2 is 1.82 bits per heavy atom. The van der Waals surface area contributed by atoms with Gasteiger partial charge in [0.05, 0.1) is 9.95 Å². The quantitative estimate of drug-likeness (QED) is 0.270. The number of hydrogen-bond acceptors (Lipinski definition) is 4. The molecule has 0 unspecified atom stereocenters. The highest BCUT2D eigenvalue weighted by Gasteiger charge is 2.07. The van der Waals surface area contributed by atoms with Crippen molar-refractivity contribution in [3.63, 3.8) is 0 Å². The molecular weight excluding hydrogens is 329 g/mol. The molecule has 0 bridgehead atoms. The fraction of sp³-hybridized carbons (Fsp3) is 0. The molecule has 0 aliphatic rings. The van der Waals surface area contributed by atoms with Gasteiger partial charge in [-0.2, -0.15) is 0 Å². The van der Waals surface area contributed by atoms with E-state index in [1.807, 2.05) is 0 Å². The Morgan fingerprint density at radius 3 is 2.45 bits per heavy atom. The van der Waals surface area contributed by atoms with Crippen molar-refractivity contribution in [2.75, 3.05) is 0 Å². The molecule has 0 radical (unpaired) electrons. The number of nitro benzene ring substituents is 1. The maximum Gasteiger partial charge on any atom is 0.336 e. The summed E-state index contributed by atoms with van der Waals surface area (Å²) in [4.78, 5) is 21.7. The molecule has 7 heteroatoms. The summed E-state index contributed by atoms with van der Waals surface area (Å²) >= 11 is 11.7. The van der Waals surface area contributed by atoms with Crippen molar-refractivity contribution >= 4 is 40.9 Å². The summed E-state index contributed by atoms with van der Waals surface area (Å²) in [6, 6.07) is 10.3. The minimum absolute atomic E-state index is 0.0227. The van der Waals surface area contributed by atoms with Gasteiger partial charge in [-0.25, -0.2) is 4.79 Å². The van der Waals surface area contributed by atoms with Gasteiger partial charge in [0.2, 0.25) is 0 Å². The van der Waals surface area contributed by atoms with Crippen LogP contribution < -0.4 is 4.74 Å². The molecule has 0 atom stereocenters. The number of carbonyl (C=O) groups is 1. The van der Waals surface area contributed by atoms with E-state index in [0.29, 0.717) is 10.6 Å². The second kappa shape index (κ2) is 7.06. The number of carbonyl (C=O) groups excluding carboxylic acids is 1. The molecule has 0 spiro atoms. The first-order valence-electron chi connectivity index (χ1n) is 6.05. The molecule has 5 nitrogen and oxygen atoms in total. The number of halogens is 2. The molecule has 0 heterocycles. The Bertz CT molecular complexity index is 742. The highest BCUT2D eigenvalue weighted by molar-refractivity contribution is 6.34. The summed E-state index contributed by atoms with van der Waals surface area (Å²) in [5.41, 5.74) is 0.602. The van der Waals surface area contributed by atoms with Crippen molar-refractivity contribution in [3.8, 4) is 5.75 Å². The lowest BCUT2D eigenvalue weighted by atomic mass is 10.2. The van der Waals surface area contributed by atoms with Crippen LogP contribution in [0.15, 0.2) is 48.5 Å². The van der Waals surface area contributed by atoms with Gasteiger partial charge in [0.1, 0.15) is 0 Å².